The van der Waals surface area contributed by atoms with Crippen molar-refractivity contribution >= 4 is 33.7 Å². The SMILES string of the molecule is COc1ccc(C(=O)OCC(=O)N2CCN(C(C)=O)CC2)cc1Br. The lowest BCUT2D eigenvalue weighted by Crippen LogP contribution is -2.51. The molecule has 130 valence electrons. The third-order valence-electron chi connectivity index (χ3n) is 3.79. The number of benzene rings is 1. The van der Waals surface area contributed by atoms with Gasteiger partial charge in [0.2, 0.25) is 5.91 Å². The zero-order valence-corrected chi connectivity index (χ0v) is 15.2. The highest BCUT2D eigenvalue weighted by atomic mass is 79.9. The van der Waals surface area contributed by atoms with E-state index in [1.54, 1.807) is 28.0 Å². The highest BCUT2D eigenvalue weighted by Crippen LogP contribution is 2.25. The predicted octanol–water partition coefficient (Wildman–Crippen LogP) is 1.31. The largest absolute Gasteiger partial charge is 0.496 e. The van der Waals surface area contributed by atoms with Gasteiger partial charge in [-0.1, -0.05) is 0 Å². The van der Waals surface area contributed by atoms with Crippen LogP contribution >= 0.6 is 15.9 Å². The molecule has 1 heterocycles. The summed E-state index contributed by atoms with van der Waals surface area (Å²) in [6.45, 7) is 3.09. The minimum atomic E-state index is -0.575. The van der Waals surface area contributed by atoms with Crippen molar-refractivity contribution in [2.75, 3.05) is 39.9 Å². The third kappa shape index (κ3) is 4.47. The van der Waals surface area contributed by atoms with Crippen LogP contribution in [-0.4, -0.2) is 67.5 Å². The molecule has 24 heavy (non-hydrogen) atoms. The van der Waals surface area contributed by atoms with Gasteiger partial charge in [-0.3, -0.25) is 9.59 Å². The molecule has 0 saturated carbocycles. The number of hydrogen-bond donors (Lipinski definition) is 0. The van der Waals surface area contributed by atoms with E-state index in [9.17, 15) is 14.4 Å². The van der Waals surface area contributed by atoms with E-state index in [0.29, 0.717) is 42.0 Å². The first-order valence-electron chi connectivity index (χ1n) is 7.46. The molecular formula is C16H19BrN2O5. The molecular weight excluding hydrogens is 380 g/mol. The Morgan fingerprint density at radius 2 is 1.75 bits per heavy atom. The number of piperazine rings is 1. The van der Waals surface area contributed by atoms with Gasteiger partial charge in [-0.05, 0) is 34.1 Å². The number of nitrogens with zero attached hydrogens (tertiary/aromatic N) is 2. The second-order valence-electron chi connectivity index (χ2n) is 5.31. The summed E-state index contributed by atoms with van der Waals surface area (Å²) in [6, 6.07) is 4.79. The van der Waals surface area contributed by atoms with Crippen molar-refractivity contribution in [2.24, 2.45) is 0 Å². The van der Waals surface area contributed by atoms with Gasteiger partial charge in [0.05, 0.1) is 17.1 Å². The zero-order valence-electron chi connectivity index (χ0n) is 13.6. The molecule has 2 amide bonds. The predicted molar refractivity (Wildman–Crippen MR) is 89.8 cm³/mol. The molecule has 1 fully saturated rings. The summed E-state index contributed by atoms with van der Waals surface area (Å²) in [5.74, 6) is -0.238. The number of carbonyl (C=O) groups is 3. The third-order valence-corrected chi connectivity index (χ3v) is 4.41. The molecule has 0 unspecified atom stereocenters. The Bertz CT molecular complexity index is 641. The summed E-state index contributed by atoms with van der Waals surface area (Å²) in [7, 11) is 1.53. The molecule has 1 aliphatic heterocycles. The molecule has 8 heteroatoms. The van der Waals surface area contributed by atoms with Crippen molar-refractivity contribution in [3.63, 3.8) is 0 Å². The van der Waals surface area contributed by atoms with Crippen LogP contribution in [0.1, 0.15) is 17.3 Å². The molecule has 0 radical (unpaired) electrons. The van der Waals surface area contributed by atoms with E-state index in [2.05, 4.69) is 15.9 Å². The highest BCUT2D eigenvalue weighted by Gasteiger charge is 2.23. The summed E-state index contributed by atoms with van der Waals surface area (Å²) in [5.41, 5.74) is 0.330. The summed E-state index contributed by atoms with van der Waals surface area (Å²) in [6.07, 6.45) is 0. The van der Waals surface area contributed by atoms with Crippen molar-refractivity contribution < 1.29 is 23.9 Å². The van der Waals surface area contributed by atoms with Crippen molar-refractivity contribution in [3.05, 3.63) is 28.2 Å². The number of methoxy groups -OCH3 is 1. The van der Waals surface area contributed by atoms with Gasteiger partial charge in [-0.2, -0.15) is 0 Å². The monoisotopic (exact) mass is 398 g/mol. The second-order valence-corrected chi connectivity index (χ2v) is 6.17. The Morgan fingerprint density at radius 3 is 2.29 bits per heavy atom. The molecule has 0 N–H and O–H groups in total. The highest BCUT2D eigenvalue weighted by molar-refractivity contribution is 9.10. The van der Waals surface area contributed by atoms with Crippen LogP contribution in [-0.2, 0) is 14.3 Å². The van der Waals surface area contributed by atoms with Crippen LogP contribution in [0.5, 0.6) is 5.75 Å². The van der Waals surface area contributed by atoms with Crippen molar-refractivity contribution in [1.82, 2.24) is 9.80 Å². The molecule has 1 aliphatic rings. The summed E-state index contributed by atoms with van der Waals surface area (Å²) in [5, 5.41) is 0. The first kappa shape index (κ1) is 18.3. The van der Waals surface area contributed by atoms with Crippen LogP contribution < -0.4 is 4.74 Å². The molecule has 1 aromatic carbocycles. The van der Waals surface area contributed by atoms with Gasteiger partial charge in [0.1, 0.15) is 5.75 Å². The van der Waals surface area contributed by atoms with Gasteiger partial charge < -0.3 is 19.3 Å². The first-order chi connectivity index (χ1) is 11.4. The van der Waals surface area contributed by atoms with Crippen LogP contribution in [0.15, 0.2) is 22.7 Å². The number of carbonyl (C=O) groups excluding carboxylic acids is 3. The van der Waals surface area contributed by atoms with E-state index in [1.807, 2.05) is 0 Å². The molecule has 0 atom stereocenters. The molecule has 2 rings (SSSR count). The fourth-order valence-electron chi connectivity index (χ4n) is 2.37. The summed E-state index contributed by atoms with van der Waals surface area (Å²) < 4.78 is 10.8. The van der Waals surface area contributed by atoms with Crippen LogP contribution in [0.4, 0.5) is 0 Å². The molecule has 0 bridgehead atoms. The zero-order chi connectivity index (χ0) is 17.7. The van der Waals surface area contributed by atoms with E-state index < -0.39 is 5.97 Å². The maximum atomic E-state index is 12.1. The molecule has 0 aromatic heterocycles. The lowest BCUT2D eigenvalue weighted by atomic mass is 10.2. The normalized spacial score (nSPS) is 14.3. The number of rotatable bonds is 4. The van der Waals surface area contributed by atoms with E-state index in [1.165, 1.54) is 14.0 Å². The summed E-state index contributed by atoms with van der Waals surface area (Å²) >= 11 is 3.30. The van der Waals surface area contributed by atoms with Gasteiger partial charge in [0.15, 0.2) is 6.61 Å². The van der Waals surface area contributed by atoms with E-state index >= 15 is 0 Å². The minimum absolute atomic E-state index is 0.00129. The molecule has 0 aliphatic carbocycles. The maximum absolute atomic E-state index is 12.1. The van der Waals surface area contributed by atoms with Crippen molar-refractivity contribution in [2.45, 2.75) is 6.92 Å². The first-order valence-corrected chi connectivity index (χ1v) is 8.25. The molecule has 0 spiro atoms. The Kier molecular flexibility index (Phi) is 6.19. The second kappa shape index (κ2) is 8.14. The van der Waals surface area contributed by atoms with Crippen molar-refractivity contribution in [1.29, 1.82) is 0 Å². The molecule has 1 aromatic rings. The average molecular weight is 399 g/mol. The maximum Gasteiger partial charge on any atom is 0.338 e. The average Bonchev–Trinajstić information content (AvgIpc) is 2.59. The standard InChI is InChI=1S/C16H19BrN2O5/c1-11(20)18-5-7-19(8-6-18)15(21)10-24-16(22)12-3-4-14(23-2)13(17)9-12/h3-4,9H,5-8,10H2,1-2H3. The fraction of sp³-hybridized carbons (Fsp3) is 0.438. The van der Waals surface area contributed by atoms with E-state index in [-0.39, 0.29) is 18.4 Å². The Labute approximate surface area is 148 Å². The quantitative estimate of drug-likeness (QED) is 0.714. The van der Waals surface area contributed by atoms with E-state index in [0.717, 1.165) is 0 Å². The molecule has 1 saturated heterocycles. The van der Waals surface area contributed by atoms with Gasteiger partial charge in [0, 0.05) is 33.1 Å². The van der Waals surface area contributed by atoms with Gasteiger partial charge in [-0.15, -0.1) is 0 Å². The number of ether oxygens (including phenoxy) is 2. The fourth-order valence-corrected chi connectivity index (χ4v) is 2.91. The Morgan fingerprint density at radius 1 is 1.12 bits per heavy atom. The van der Waals surface area contributed by atoms with Gasteiger partial charge in [0.25, 0.3) is 5.91 Å². The van der Waals surface area contributed by atoms with E-state index in [4.69, 9.17) is 9.47 Å². The Hall–Kier alpha value is -2.09. The number of halogens is 1. The smallest absolute Gasteiger partial charge is 0.338 e. The molecule has 7 nitrogen and oxygen atoms in total. The van der Waals surface area contributed by atoms with Crippen LogP contribution in [0.2, 0.25) is 0 Å². The van der Waals surface area contributed by atoms with Crippen LogP contribution in [0.25, 0.3) is 0 Å². The lowest BCUT2D eigenvalue weighted by Gasteiger charge is -2.34. The number of hydrogen-bond acceptors (Lipinski definition) is 5. The van der Waals surface area contributed by atoms with Crippen LogP contribution in [0, 0.1) is 0 Å². The number of amides is 2. The Balaban J connectivity index is 1.84. The van der Waals surface area contributed by atoms with Gasteiger partial charge in [-0.25, -0.2) is 4.79 Å². The van der Waals surface area contributed by atoms with Crippen molar-refractivity contribution in [3.8, 4) is 5.75 Å². The van der Waals surface area contributed by atoms with Crippen LogP contribution in [0.3, 0.4) is 0 Å². The lowest BCUT2D eigenvalue weighted by molar-refractivity contribution is -0.140. The summed E-state index contributed by atoms with van der Waals surface area (Å²) in [4.78, 5) is 38.7. The topological polar surface area (TPSA) is 76.2 Å². The minimum Gasteiger partial charge on any atom is -0.496 e. The number of esters is 1. The van der Waals surface area contributed by atoms with Gasteiger partial charge >= 0.3 is 5.97 Å².